The highest BCUT2D eigenvalue weighted by Gasteiger charge is 2.13. The minimum atomic E-state index is -3.84. The summed E-state index contributed by atoms with van der Waals surface area (Å²) in [5.74, 6) is 0.693. The molecule has 0 atom stereocenters. The van der Waals surface area contributed by atoms with Gasteiger partial charge in [0.2, 0.25) is 0 Å². The molecule has 0 unspecified atom stereocenters. The fourth-order valence-electron chi connectivity index (χ4n) is 1.47. The quantitative estimate of drug-likeness (QED) is 0.801. The van der Waals surface area contributed by atoms with E-state index < -0.39 is 9.05 Å². The third-order valence-electron chi connectivity index (χ3n) is 2.38. The van der Waals surface area contributed by atoms with Gasteiger partial charge in [0.05, 0.1) is 21.6 Å². The molecule has 0 aliphatic carbocycles. The van der Waals surface area contributed by atoms with Gasteiger partial charge in [0.15, 0.2) is 0 Å². The Morgan fingerprint density at radius 3 is 2.50 bits per heavy atom. The highest BCUT2D eigenvalue weighted by molar-refractivity contribution is 8.13. The zero-order valence-electron chi connectivity index (χ0n) is 9.88. The third kappa shape index (κ3) is 3.42. The van der Waals surface area contributed by atoms with Crippen LogP contribution in [0.25, 0.3) is 0 Å². The number of nitrogens with zero attached hydrogens (tertiary/aromatic N) is 1. The monoisotopic (exact) mass is 327 g/mol. The van der Waals surface area contributed by atoms with Gasteiger partial charge in [-0.05, 0) is 36.4 Å². The number of hydrogen-bond acceptors (Lipinski definition) is 4. The Bertz CT molecular complexity index is 798. The van der Waals surface area contributed by atoms with Gasteiger partial charge in [0.1, 0.15) is 11.5 Å². The predicted octanol–water partition coefficient (Wildman–Crippen LogP) is 3.93. The van der Waals surface area contributed by atoms with Gasteiger partial charge < -0.3 is 4.74 Å². The summed E-state index contributed by atoms with van der Waals surface area (Å²) in [6, 6.07) is 12.4. The Morgan fingerprint density at radius 1 is 1.15 bits per heavy atom. The van der Waals surface area contributed by atoms with E-state index in [1.165, 1.54) is 18.2 Å². The van der Waals surface area contributed by atoms with Crippen LogP contribution in [0.5, 0.6) is 11.5 Å². The molecule has 0 aliphatic rings. The van der Waals surface area contributed by atoms with Crippen LogP contribution in [0.2, 0.25) is 5.02 Å². The molecule has 0 radical (unpaired) electrons. The normalized spacial score (nSPS) is 10.8. The van der Waals surface area contributed by atoms with Crippen LogP contribution in [0.1, 0.15) is 5.56 Å². The van der Waals surface area contributed by atoms with Crippen molar-refractivity contribution in [2.75, 3.05) is 0 Å². The van der Waals surface area contributed by atoms with E-state index >= 15 is 0 Å². The standard InChI is InChI=1S/C13H7Cl2NO3S/c14-12-7-11(20(15,17)18)4-5-13(12)19-10-3-1-2-9(6-10)8-16/h1-7H. The Balaban J connectivity index is 2.33. The van der Waals surface area contributed by atoms with Gasteiger partial charge in [0.25, 0.3) is 9.05 Å². The van der Waals surface area contributed by atoms with Crippen molar-refractivity contribution in [1.82, 2.24) is 0 Å². The summed E-state index contributed by atoms with van der Waals surface area (Å²) < 4.78 is 27.8. The summed E-state index contributed by atoms with van der Waals surface area (Å²) in [7, 11) is 1.38. The van der Waals surface area contributed by atoms with Gasteiger partial charge in [-0.3, -0.25) is 0 Å². The summed E-state index contributed by atoms with van der Waals surface area (Å²) in [5, 5.41) is 8.90. The molecule has 0 amide bonds. The molecule has 0 heterocycles. The molecule has 0 saturated carbocycles. The van der Waals surface area contributed by atoms with Crippen molar-refractivity contribution in [3.63, 3.8) is 0 Å². The van der Waals surface area contributed by atoms with Crippen molar-refractivity contribution >= 4 is 31.3 Å². The van der Waals surface area contributed by atoms with E-state index in [1.807, 2.05) is 6.07 Å². The number of halogens is 2. The van der Waals surface area contributed by atoms with E-state index in [0.29, 0.717) is 11.3 Å². The molecular weight excluding hydrogens is 321 g/mol. The van der Waals surface area contributed by atoms with E-state index in [1.54, 1.807) is 24.3 Å². The zero-order chi connectivity index (χ0) is 14.8. The van der Waals surface area contributed by atoms with Crippen LogP contribution >= 0.6 is 22.3 Å². The van der Waals surface area contributed by atoms with E-state index in [0.717, 1.165) is 0 Å². The van der Waals surface area contributed by atoms with Crippen LogP contribution in [0.4, 0.5) is 0 Å². The van der Waals surface area contributed by atoms with Gasteiger partial charge in [-0.1, -0.05) is 17.7 Å². The van der Waals surface area contributed by atoms with E-state index in [2.05, 4.69) is 0 Å². The Hall–Kier alpha value is -1.74. The summed E-state index contributed by atoms with van der Waals surface area (Å²) in [6.07, 6.45) is 0. The van der Waals surface area contributed by atoms with E-state index in [-0.39, 0.29) is 15.7 Å². The highest BCUT2D eigenvalue weighted by Crippen LogP contribution is 2.32. The minimum absolute atomic E-state index is 0.106. The second kappa shape index (κ2) is 5.71. The summed E-state index contributed by atoms with van der Waals surface area (Å²) >= 11 is 5.95. The van der Waals surface area contributed by atoms with Crippen LogP contribution in [0, 0.1) is 11.3 Å². The molecular formula is C13H7Cl2NO3S. The summed E-state index contributed by atoms with van der Waals surface area (Å²) in [5.41, 5.74) is 0.443. The van der Waals surface area contributed by atoms with Crippen LogP contribution in [0.3, 0.4) is 0 Å². The highest BCUT2D eigenvalue weighted by atomic mass is 35.7. The van der Waals surface area contributed by atoms with Crippen LogP contribution in [-0.2, 0) is 9.05 Å². The van der Waals surface area contributed by atoms with Gasteiger partial charge in [0, 0.05) is 10.7 Å². The fraction of sp³-hybridized carbons (Fsp3) is 0. The van der Waals surface area contributed by atoms with E-state index in [9.17, 15) is 8.42 Å². The third-order valence-corrected chi connectivity index (χ3v) is 4.02. The maximum atomic E-state index is 11.2. The Morgan fingerprint density at radius 2 is 1.90 bits per heavy atom. The number of benzene rings is 2. The second-order valence-electron chi connectivity index (χ2n) is 3.77. The molecule has 2 aromatic rings. The topological polar surface area (TPSA) is 67.2 Å². The average molecular weight is 328 g/mol. The molecule has 2 rings (SSSR count). The number of hydrogen-bond donors (Lipinski definition) is 0. The number of ether oxygens (including phenoxy) is 1. The van der Waals surface area contributed by atoms with Gasteiger partial charge in [-0.15, -0.1) is 0 Å². The first kappa shape index (κ1) is 14.7. The number of nitriles is 1. The minimum Gasteiger partial charge on any atom is -0.456 e. The Labute approximate surface area is 125 Å². The van der Waals surface area contributed by atoms with Crippen molar-refractivity contribution in [3.8, 4) is 17.6 Å². The molecule has 0 saturated heterocycles. The number of rotatable bonds is 3. The first-order valence-electron chi connectivity index (χ1n) is 5.32. The first-order valence-corrected chi connectivity index (χ1v) is 8.01. The maximum absolute atomic E-state index is 11.2. The molecule has 0 fully saturated rings. The van der Waals surface area contributed by atoms with Gasteiger partial charge in [-0.2, -0.15) is 5.26 Å². The van der Waals surface area contributed by atoms with E-state index in [4.69, 9.17) is 32.3 Å². The van der Waals surface area contributed by atoms with Crippen LogP contribution in [-0.4, -0.2) is 8.42 Å². The lowest BCUT2D eigenvalue weighted by molar-refractivity contribution is 0.482. The van der Waals surface area contributed by atoms with Crippen molar-refractivity contribution < 1.29 is 13.2 Å². The smallest absolute Gasteiger partial charge is 0.261 e. The predicted molar refractivity (Wildman–Crippen MR) is 75.7 cm³/mol. The second-order valence-corrected chi connectivity index (χ2v) is 6.74. The van der Waals surface area contributed by atoms with Gasteiger partial charge >= 0.3 is 0 Å². The SMILES string of the molecule is N#Cc1cccc(Oc2ccc(S(=O)(=O)Cl)cc2Cl)c1. The molecule has 0 aromatic heterocycles. The molecule has 2 aromatic carbocycles. The summed E-state index contributed by atoms with van der Waals surface area (Å²) in [6.45, 7) is 0. The fourth-order valence-corrected chi connectivity index (χ4v) is 2.53. The largest absolute Gasteiger partial charge is 0.456 e. The van der Waals surface area contributed by atoms with Crippen molar-refractivity contribution in [3.05, 3.63) is 53.1 Å². The molecule has 4 nitrogen and oxygen atoms in total. The maximum Gasteiger partial charge on any atom is 0.261 e. The molecule has 7 heteroatoms. The van der Waals surface area contributed by atoms with Crippen molar-refractivity contribution in [2.24, 2.45) is 0 Å². The average Bonchev–Trinajstić information content (AvgIpc) is 2.40. The lowest BCUT2D eigenvalue weighted by atomic mass is 10.2. The van der Waals surface area contributed by atoms with Crippen molar-refractivity contribution in [2.45, 2.75) is 4.90 Å². The van der Waals surface area contributed by atoms with Crippen LogP contribution in [0.15, 0.2) is 47.4 Å². The molecule has 0 spiro atoms. The summed E-state index contributed by atoms with van der Waals surface area (Å²) in [4.78, 5) is -0.109. The van der Waals surface area contributed by atoms with Crippen LogP contribution < -0.4 is 4.74 Å². The molecule has 20 heavy (non-hydrogen) atoms. The first-order chi connectivity index (χ1) is 9.40. The van der Waals surface area contributed by atoms with Crippen molar-refractivity contribution in [1.29, 1.82) is 5.26 Å². The Kier molecular flexibility index (Phi) is 4.19. The molecule has 0 N–H and O–H groups in total. The zero-order valence-corrected chi connectivity index (χ0v) is 12.2. The molecule has 102 valence electrons. The lowest BCUT2D eigenvalue weighted by Gasteiger charge is -2.08. The molecule has 0 bridgehead atoms. The molecule has 0 aliphatic heterocycles. The van der Waals surface area contributed by atoms with Gasteiger partial charge in [-0.25, -0.2) is 8.42 Å². The lowest BCUT2D eigenvalue weighted by Crippen LogP contribution is -1.92.